The molecule has 0 fully saturated rings. The van der Waals surface area contributed by atoms with Crippen molar-refractivity contribution in [3.05, 3.63) is 48.5 Å². The molecule has 0 spiro atoms. The highest BCUT2D eigenvalue weighted by Crippen LogP contribution is 2.52. The van der Waals surface area contributed by atoms with Crippen molar-refractivity contribution in [3.8, 4) is 16.9 Å². The fraction of sp³-hybridized carbons (Fsp3) is 0.250. The molecule has 2 aromatic rings. The van der Waals surface area contributed by atoms with Crippen molar-refractivity contribution in [3.63, 3.8) is 0 Å². The smallest absolute Gasteiger partial charge is 0.348 e. The molecule has 1 aliphatic rings. The Bertz CT molecular complexity index is 704. The van der Waals surface area contributed by atoms with Crippen LogP contribution in [-0.2, 0) is 4.57 Å². The molecular formula is C16H18NO2P. The second-order valence-electron chi connectivity index (χ2n) is 6.02. The van der Waals surface area contributed by atoms with E-state index in [4.69, 9.17) is 4.52 Å². The molecule has 4 heteroatoms. The van der Waals surface area contributed by atoms with E-state index in [0.29, 0.717) is 5.75 Å². The van der Waals surface area contributed by atoms with Crippen LogP contribution in [0.4, 0.5) is 0 Å². The number of benzene rings is 2. The minimum atomic E-state index is -3.11. The molecular weight excluding hydrogens is 269 g/mol. The first kappa shape index (κ1) is 13.4. The average molecular weight is 287 g/mol. The van der Waals surface area contributed by atoms with E-state index in [1.54, 1.807) is 0 Å². The maximum Gasteiger partial charge on any atom is 0.348 e. The van der Waals surface area contributed by atoms with Gasteiger partial charge in [-0.15, -0.1) is 0 Å². The topological polar surface area (TPSA) is 38.3 Å². The monoisotopic (exact) mass is 287 g/mol. The van der Waals surface area contributed by atoms with Gasteiger partial charge >= 0.3 is 7.52 Å². The van der Waals surface area contributed by atoms with E-state index < -0.39 is 7.52 Å². The van der Waals surface area contributed by atoms with Crippen LogP contribution in [0.2, 0.25) is 0 Å². The first-order valence-electron chi connectivity index (χ1n) is 6.67. The Morgan fingerprint density at radius 3 is 2.25 bits per heavy atom. The number of hydrogen-bond donors (Lipinski definition) is 1. The average Bonchev–Trinajstić information content (AvgIpc) is 2.37. The molecule has 2 aromatic carbocycles. The van der Waals surface area contributed by atoms with Crippen LogP contribution in [0.5, 0.6) is 5.75 Å². The van der Waals surface area contributed by atoms with Crippen molar-refractivity contribution >= 4 is 12.8 Å². The minimum Gasteiger partial charge on any atom is -0.429 e. The third kappa shape index (κ3) is 2.28. The largest absolute Gasteiger partial charge is 0.429 e. The van der Waals surface area contributed by atoms with Gasteiger partial charge in [0.1, 0.15) is 5.75 Å². The summed E-state index contributed by atoms with van der Waals surface area (Å²) in [4.78, 5) is 0. The lowest BCUT2D eigenvalue weighted by Gasteiger charge is -2.33. The molecule has 0 saturated heterocycles. The van der Waals surface area contributed by atoms with Gasteiger partial charge in [0.2, 0.25) is 0 Å². The van der Waals surface area contributed by atoms with Gasteiger partial charge in [0.15, 0.2) is 0 Å². The van der Waals surface area contributed by atoms with Gasteiger partial charge in [-0.1, -0.05) is 36.4 Å². The molecule has 0 bridgehead atoms. The van der Waals surface area contributed by atoms with E-state index in [1.165, 1.54) is 0 Å². The van der Waals surface area contributed by atoms with Crippen molar-refractivity contribution in [1.29, 1.82) is 0 Å². The van der Waals surface area contributed by atoms with Crippen molar-refractivity contribution in [2.75, 3.05) is 0 Å². The van der Waals surface area contributed by atoms with Gasteiger partial charge in [-0.25, -0.2) is 5.09 Å². The summed E-state index contributed by atoms with van der Waals surface area (Å²) in [5, 5.41) is 3.91. The molecule has 3 nitrogen and oxygen atoms in total. The van der Waals surface area contributed by atoms with Crippen molar-refractivity contribution in [1.82, 2.24) is 5.09 Å². The maximum atomic E-state index is 13.3. The molecule has 0 saturated carbocycles. The summed E-state index contributed by atoms with van der Waals surface area (Å²) < 4.78 is 19.2. The summed E-state index contributed by atoms with van der Waals surface area (Å²) in [7, 11) is -3.11. The molecule has 104 valence electrons. The third-order valence-electron chi connectivity index (χ3n) is 3.11. The molecule has 1 atom stereocenters. The van der Waals surface area contributed by atoms with Gasteiger partial charge < -0.3 is 4.52 Å². The highest BCUT2D eigenvalue weighted by Gasteiger charge is 2.38. The third-order valence-corrected chi connectivity index (χ3v) is 5.55. The lowest BCUT2D eigenvalue weighted by molar-refractivity contribution is 0.432. The minimum absolute atomic E-state index is 0.297. The second-order valence-corrected chi connectivity index (χ2v) is 8.01. The van der Waals surface area contributed by atoms with E-state index in [1.807, 2.05) is 69.3 Å². The molecule has 1 aliphatic heterocycles. The summed E-state index contributed by atoms with van der Waals surface area (Å²) in [5.74, 6) is 0.672. The Labute approximate surface area is 119 Å². The molecule has 1 N–H and O–H groups in total. The van der Waals surface area contributed by atoms with Crippen LogP contribution < -0.4 is 14.9 Å². The quantitative estimate of drug-likeness (QED) is 0.807. The summed E-state index contributed by atoms with van der Waals surface area (Å²) in [6.45, 7) is 5.96. The molecule has 20 heavy (non-hydrogen) atoms. The molecule has 3 rings (SSSR count). The second kappa shape index (κ2) is 4.47. The van der Waals surface area contributed by atoms with Gasteiger partial charge in [-0.05, 0) is 32.9 Å². The first-order chi connectivity index (χ1) is 9.39. The number of hydrogen-bond acceptors (Lipinski definition) is 2. The Kier molecular flexibility index (Phi) is 3.00. The van der Waals surface area contributed by atoms with Crippen molar-refractivity contribution in [2.45, 2.75) is 26.3 Å². The van der Waals surface area contributed by atoms with Crippen LogP contribution in [0.1, 0.15) is 20.8 Å². The van der Waals surface area contributed by atoms with E-state index in [-0.39, 0.29) is 5.54 Å². The van der Waals surface area contributed by atoms with E-state index >= 15 is 0 Å². The normalized spacial score (nSPS) is 20.8. The Balaban J connectivity index is 2.21. The summed E-state index contributed by atoms with van der Waals surface area (Å²) in [6.07, 6.45) is 0. The summed E-state index contributed by atoms with van der Waals surface area (Å²) in [6, 6.07) is 15.4. The van der Waals surface area contributed by atoms with Gasteiger partial charge in [0.25, 0.3) is 0 Å². The van der Waals surface area contributed by atoms with Crippen LogP contribution in [-0.4, -0.2) is 5.54 Å². The number of para-hydroxylation sites is 1. The highest BCUT2D eigenvalue weighted by atomic mass is 31.2. The van der Waals surface area contributed by atoms with Crippen LogP contribution in [0, 0.1) is 0 Å². The van der Waals surface area contributed by atoms with E-state index in [0.717, 1.165) is 16.4 Å². The molecule has 0 radical (unpaired) electrons. The Hall–Kier alpha value is -1.57. The fourth-order valence-corrected chi connectivity index (χ4v) is 4.82. The molecule has 1 heterocycles. The van der Waals surface area contributed by atoms with Crippen LogP contribution in [0.25, 0.3) is 11.1 Å². The van der Waals surface area contributed by atoms with Crippen LogP contribution in [0.3, 0.4) is 0 Å². The van der Waals surface area contributed by atoms with E-state index in [9.17, 15) is 4.57 Å². The van der Waals surface area contributed by atoms with Gasteiger partial charge in [0, 0.05) is 16.7 Å². The molecule has 0 aliphatic carbocycles. The lowest BCUT2D eigenvalue weighted by Crippen LogP contribution is -2.39. The Morgan fingerprint density at radius 2 is 1.55 bits per heavy atom. The van der Waals surface area contributed by atoms with E-state index in [2.05, 4.69) is 5.09 Å². The predicted octanol–water partition coefficient (Wildman–Crippen LogP) is 3.95. The molecule has 0 amide bonds. The maximum absolute atomic E-state index is 13.3. The summed E-state index contributed by atoms with van der Waals surface area (Å²) in [5.41, 5.74) is 1.68. The molecule has 1 unspecified atom stereocenters. The zero-order valence-electron chi connectivity index (χ0n) is 11.9. The van der Waals surface area contributed by atoms with Crippen LogP contribution >= 0.6 is 7.52 Å². The zero-order chi connectivity index (χ0) is 14.4. The fourth-order valence-electron chi connectivity index (χ4n) is 2.44. The number of nitrogens with one attached hydrogen (secondary N) is 1. The summed E-state index contributed by atoms with van der Waals surface area (Å²) >= 11 is 0. The van der Waals surface area contributed by atoms with Crippen molar-refractivity contribution in [2.24, 2.45) is 0 Å². The SMILES string of the molecule is CC(C)(C)NP1(=O)Oc2ccccc2-c2ccccc21. The standard InChI is InChI=1S/C16H18NO2P/c1-16(2,3)17-20(18)15-11-7-5-9-13(15)12-8-4-6-10-14(12)19-20/h4-11H,1-3H3,(H,17,18). The Morgan fingerprint density at radius 1 is 0.950 bits per heavy atom. The molecule has 0 aromatic heterocycles. The van der Waals surface area contributed by atoms with Gasteiger partial charge in [-0.2, -0.15) is 0 Å². The number of rotatable bonds is 1. The number of fused-ring (bicyclic) bond motifs is 3. The van der Waals surface area contributed by atoms with Crippen molar-refractivity contribution < 1.29 is 9.09 Å². The van der Waals surface area contributed by atoms with Crippen LogP contribution in [0.15, 0.2) is 48.5 Å². The zero-order valence-corrected chi connectivity index (χ0v) is 12.8. The van der Waals surface area contributed by atoms with Gasteiger partial charge in [-0.3, -0.25) is 4.57 Å². The predicted molar refractivity (Wildman–Crippen MR) is 82.6 cm³/mol. The lowest BCUT2D eigenvalue weighted by atomic mass is 10.0. The first-order valence-corrected chi connectivity index (χ1v) is 8.30. The highest BCUT2D eigenvalue weighted by molar-refractivity contribution is 7.65. The van der Waals surface area contributed by atoms with Gasteiger partial charge in [0.05, 0.1) is 5.30 Å².